The van der Waals surface area contributed by atoms with Crippen molar-refractivity contribution in [2.45, 2.75) is 0 Å². The fourth-order valence-electron chi connectivity index (χ4n) is 0.0456. The Labute approximate surface area is 33.0 Å². The third-order valence-corrected chi connectivity index (χ3v) is 0.365. The topological polar surface area (TPSA) is 36.2 Å². The largest absolute Gasteiger partial charge is 0.311 e. The Hall–Kier alpha value is -0.230. The number of rotatable bonds is 2. The van der Waals surface area contributed by atoms with Gasteiger partial charge in [0, 0.05) is 6.21 Å². The van der Waals surface area contributed by atoms with Crippen molar-refractivity contribution in [3.05, 3.63) is 0 Å². The first-order chi connectivity index (χ1) is 2.41. The van der Waals surface area contributed by atoms with Crippen molar-refractivity contribution in [1.82, 2.24) is 0 Å². The molecule has 2 nitrogen and oxygen atoms in total. The molecule has 3 heteroatoms. The molecule has 28 valence electrons. The molecule has 0 aliphatic heterocycles. The van der Waals surface area contributed by atoms with E-state index in [0.717, 1.165) is 0 Å². The lowest BCUT2D eigenvalue weighted by molar-refractivity contribution is 1.34. The lowest BCUT2D eigenvalue weighted by Gasteiger charge is -1.64. The molecule has 0 atom stereocenters. The van der Waals surface area contributed by atoms with Crippen LogP contribution in [-0.4, -0.2) is 12.8 Å². The molecular weight excluding hydrogens is 83.0 g/mol. The van der Waals surface area contributed by atoms with Crippen molar-refractivity contribution in [3.8, 4) is 0 Å². The first-order valence-corrected chi connectivity index (χ1v) is 1.68. The summed E-state index contributed by atoms with van der Waals surface area (Å²) >= 11 is 0. The molecule has 0 aliphatic carbocycles. The maximum Gasteiger partial charge on any atom is 0.0775 e. The van der Waals surface area contributed by atoms with Gasteiger partial charge < -0.3 is 5.41 Å². The molecule has 0 spiro atoms. The average Bonchev–Trinajstić information content (AvgIpc) is 1.41. The predicted molar refractivity (Wildman–Crippen MR) is 24.4 cm³/mol. The van der Waals surface area contributed by atoms with Crippen LogP contribution in [0.15, 0.2) is 4.74 Å². The van der Waals surface area contributed by atoms with Crippen LogP contribution in [-0.2, 0) is 0 Å². The van der Waals surface area contributed by atoms with E-state index in [2.05, 4.69) is 13.8 Å². The normalized spacial score (nSPS) is 6.40. The monoisotopic (exact) mass is 88.0 g/mol. The van der Waals surface area contributed by atoms with Gasteiger partial charge in [-0.25, -0.2) is 0 Å². The van der Waals surface area contributed by atoms with E-state index >= 15 is 0 Å². The van der Waals surface area contributed by atoms with Gasteiger partial charge in [-0.3, -0.25) is 4.74 Å². The van der Waals surface area contributed by atoms with Crippen LogP contribution < -0.4 is 0 Å². The second-order valence-electron chi connectivity index (χ2n) is 0.545. The van der Waals surface area contributed by atoms with Gasteiger partial charge in [-0.1, -0.05) is 0 Å². The standard InChI is InChI=1S/C2H5N2P/c3-1-2-4-5/h1,3,5H,2H2. The maximum atomic E-state index is 6.35. The summed E-state index contributed by atoms with van der Waals surface area (Å²) in [6.07, 6.45) is 1.22. The molecular formula is C2H5N2P. The highest BCUT2D eigenvalue weighted by atomic mass is 31.0. The summed E-state index contributed by atoms with van der Waals surface area (Å²) in [7, 11) is 2.82. The summed E-state index contributed by atoms with van der Waals surface area (Å²) < 4.78 is 3.42. The zero-order chi connectivity index (χ0) is 4.12. The van der Waals surface area contributed by atoms with Gasteiger partial charge in [0.2, 0.25) is 0 Å². The van der Waals surface area contributed by atoms with Crippen LogP contribution in [0, 0.1) is 5.41 Å². The van der Waals surface area contributed by atoms with E-state index in [1.54, 1.807) is 0 Å². The van der Waals surface area contributed by atoms with E-state index in [1.165, 1.54) is 6.21 Å². The summed E-state index contributed by atoms with van der Waals surface area (Å²) in [4.78, 5) is 0. The van der Waals surface area contributed by atoms with E-state index in [-0.39, 0.29) is 0 Å². The lowest BCUT2D eigenvalue weighted by Crippen LogP contribution is -1.69. The summed E-state index contributed by atoms with van der Waals surface area (Å²) in [5.74, 6) is 0. The van der Waals surface area contributed by atoms with Gasteiger partial charge in [0.1, 0.15) is 0 Å². The number of hydrogen-bond acceptors (Lipinski definition) is 2. The molecule has 0 aromatic carbocycles. The molecule has 0 aliphatic rings. The van der Waals surface area contributed by atoms with Crippen molar-refractivity contribution >= 4 is 15.2 Å². The van der Waals surface area contributed by atoms with E-state index in [9.17, 15) is 0 Å². The second kappa shape index (κ2) is 3.77. The van der Waals surface area contributed by atoms with Gasteiger partial charge in [-0.2, -0.15) is 0 Å². The van der Waals surface area contributed by atoms with Gasteiger partial charge in [0.25, 0.3) is 0 Å². The number of nitrogens with zero attached hydrogens (tertiary/aromatic N) is 1. The zero-order valence-electron chi connectivity index (χ0n) is 2.73. The van der Waals surface area contributed by atoms with Crippen LogP contribution in [0.2, 0.25) is 0 Å². The van der Waals surface area contributed by atoms with Gasteiger partial charge in [0.05, 0.1) is 6.54 Å². The van der Waals surface area contributed by atoms with Crippen LogP contribution in [0.3, 0.4) is 0 Å². The zero-order valence-corrected chi connectivity index (χ0v) is 3.73. The van der Waals surface area contributed by atoms with Crippen LogP contribution in [0.1, 0.15) is 0 Å². The van der Waals surface area contributed by atoms with Crippen molar-refractivity contribution in [2.24, 2.45) is 4.74 Å². The molecule has 0 aromatic heterocycles. The van der Waals surface area contributed by atoms with Crippen molar-refractivity contribution in [1.29, 1.82) is 5.41 Å². The first-order valence-electron chi connectivity index (χ1n) is 1.24. The predicted octanol–water partition coefficient (Wildman–Crippen LogP) is 0.962. The summed E-state index contributed by atoms with van der Waals surface area (Å²) in [5.41, 5.74) is 0. The lowest BCUT2D eigenvalue weighted by atomic mass is 10.8. The van der Waals surface area contributed by atoms with E-state index in [0.29, 0.717) is 6.54 Å². The average molecular weight is 88.0 g/mol. The van der Waals surface area contributed by atoms with Gasteiger partial charge in [0.15, 0.2) is 0 Å². The summed E-state index contributed by atoms with van der Waals surface area (Å²) in [6.45, 7) is 0.469. The molecule has 5 heavy (non-hydrogen) atoms. The Balaban J connectivity index is 2.65. The minimum absolute atomic E-state index is 0.469. The number of nitrogens with one attached hydrogen (secondary N) is 1. The van der Waals surface area contributed by atoms with E-state index in [4.69, 9.17) is 5.41 Å². The molecule has 0 fully saturated rings. The highest BCUT2D eigenvalue weighted by molar-refractivity contribution is 7.04. The third kappa shape index (κ3) is 3.77. The van der Waals surface area contributed by atoms with Crippen LogP contribution >= 0.6 is 9.03 Å². The maximum absolute atomic E-state index is 6.35. The minimum atomic E-state index is 0.469. The molecule has 0 saturated carbocycles. The highest BCUT2D eigenvalue weighted by Crippen LogP contribution is 1.64. The Morgan fingerprint density at radius 2 is 2.60 bits per heavy atom. The molecule has 0 radical (unpaired) electrons. The fourth-order valence-corrected chi connectivity index (χ4v) is 0.137. The van der Waals surface area contributed by atoms with Crippen LogP contribution in [0.25, 0.3) is 0 Å². The SMILES string of the molecule is N=CCN=P. The van der Waals surface area contributed by atoms with E-state index in [1.807, 2.05) is 0 Å². The Morgan fingerprint density at radius 3 is 2.60 bits per heavy atom. The molecule has 1 N–H and O–H groups in total. The Kier molecular flexibility index (Phi) is 3.60. The fraction of sp³-hybridized carbons (Fsp3) is 0.500. The van der Waals surface area contributed by atoms with E-state index < -0.39 is 0 Å². The second-order valence-corrected chi connectivity index (χ2v) is 0.861. The van der Waals surface area contributed by atoms with Gasteiger partial charge in [-0.05, 0) is 9.03 Å². The highest BCUT2D eigenvalue weighted by Gasteiger charge is 1.55. The molecule has 0 aromatic rings. The Bertz CT molecular complexity index is 36.9. The van der Waals surface area contributed by atoms with Crippen molar-refractivity contribution < 1.29 is 0 Å². The van der Waals surface area contributed by atoms with Gasteiger partial charge >= 0.3 is 0 Å². The molecule has 0 amide bonds. The molecule has 0 saturated heterocycles. The quantitative estimate of drug-likeness (QED) is 0.385. The first kappa shape index (κ1) is 4.77. The molecule has 0 unspecified atom stereocenters. The van der Waals surface area contributed by atoms with Crippen molar-refractivity contribution in [3.63, 3.8) is 0 Å². The van der Waals surface area contributed by atoms with Crippen molar-refractivity contribution in [2.75, 3.05) is 6.54 Å². The Morgan fingerprint density at radius 1 is 2.00 bits per heavy atom. The molecule has 0 rings (SSSR count). The van der Waals surface area contributed by atoms with Crippen LogP contribution in [0.5, 0.6) is 0 Å². The summed E-state index contributed by atoms with van der Waals surface area (Å²) in [6, 6.07) is 0. The molecule has 0 bridgehead atoms. The van der Waals surface area contributed by atoms with Gasteiger partial charge in [-0.15, -0.1) is 0 Å². The van der Waals surface area contributed by atoms with Crippen LogP contribution in [0.4, 0.5) is 0 Å². The third-order valence-electron chi connectivity index (χ3n) is 0.183. The smallest absolute Gasteiger partial charge is 0.0775 e. The summed E-state index contributed by atoms with van der Waals surface area (Å²) in [5, 5.41) is 6.35. The minimum Gasteiger partial charge on any atom is -0.311 e. The molecule has 0 heterocycles. The number of hydrogen-bond donors (Lipinski definition) is 1.